The number of hydrogen-bond donors (Lipinski definition) is 2. The highest BCUT2D eigenvalue weighted by Crippen LogP contribution is 2.41. The standard InChI is InChI=1S/C22H16BrCl3F6N2O2/c23-15-7-11(1-3-13(15)20(36)33-6-5-18(35)34-10-21(27,28)29)2-4-14(22(30,31)32)12-8-16(24)19(26)17(25)9-12/h1-4,7-9,14H,5-6,10H2,(H,33,36)(H,34,35)/b4-2+. The molecule has 2 aromatic rings. The SMILES string of the molecule is O=C(CCNC(=O)c1ccc(/C=C/C(c2cc(Cl)c(Cl)c(Cl)c2)C(F)(F)F)cc1Br)NCC(F)(F)F. The fourth-order valence-corrected chi connectivity index (χ4v) is 4.05. The first kappa shape index (κ1) is 30.3. The van der Waals surface area contributed by atoms with Crippen molar-refractivity contribution in [3.05, 3.63) is 72.6 Å². The average Bonchev–Trinajstić information content (AvgIpc) is 2.74. The molecule has 1 unspecified atom stereocenters. The molecule has 0 fully saturated rings. The quantitative estimate of drug-likeness (QED) is 0.231. The summed E-state index contributed by atoms with van der Waals surface area (Å²) < 4.78 is 77.6. The molecule has 0 saturated heterocycles. The summed E-state index contributed by atoms with van der Waals surface area (Å²) in [4.78, 5) is 23.7. The van der Waals surface area contributed by atoms with Gasteiger partial charge in [-0.3, -0.25) is 9.59 Å². The van der Waals surface area contributed by atoms with Crippen molar-refractivity contribution < 1.29 is 35.9 Å². The smallest absolute Gasteiger partial charge is 0.351 e. The van der Waals surface area contributed by atoms with E-state index >= 15 is 0 Å². The van der Waals surface area contributed by atoms with E-state index in [2.05, 4.69) is 21.2 Å². The molecule has 0 saturated carbocycles. The lowest BCUT2D eigenvalue weighted by Gasteiger charge is -2.18. The summed E-state index contributed by atoms with van der Waals surface area (Å²) in [6.45, 7) is -1.70. The third kappa shape index (κ3) is 9.17. The van der Waals surface area contributed by atoms with Crippen molar-refractivity contribution in [1.82, 2.24) is 10.6 Å². The van der Waals surface area contributed by atoms with Crippen LogP contribution in [0.2, 0.25) is 15.1 Å². The number of carbonyl (C=O) groups is 2. The van der Waals surface area contributed by atoms with Crippen molar-refractivity contribution >= 4 is 68.6 Å². The zero-order chi connectivity index (χ0) is 27.3. The Bertz CT molecular complexity index is 1130. The number of alkyl halides is 6. The highest BCUT2D eigenvalue weighted by atomic mass is 79.9. The van der Waals surface area contributed by atoms with Crippen LogP contribution in [0.4, 0.5) is 26.3 Å². The molecule has 2 N–H and O–H groups in total. The summed E-state index contributed by atoms with van der Waals surface area (Å²) in [6, 6.07) is 6.27. The molecule has 0 heterocycles. The third-order valence-corrected chi connectivity index (χ3v) is 6.41. The minimum Gasteiger partial charge on any atom is -0.351 e. The number of nitrogens with one attached hydrogen (secondary N) is 2. The predicted molar refractivity (Wildman–Crippen MR) is 129 cm³/mol. The van der Waals surface area contributed by atoms with Crippen molar-refractivity contribution in [2.24, 2.45) is 0 Å². The second kappa shape index (κ2) is 12.5. The van der Waals surface area contributed by atoms with Crippen LogP contribution in [0.5, 0.6) is 0 Å². The van der Waals surface area contributed by atoms with Crippen LogP contribution in [-0.2, 0) is 4.79 Å². The first-order valence-corrected chi connectivity index (χ1v) is 11.8. The van der Waals surface area contributed by atoms with Crippen LogP contribution in [0.25, 0.3) is 6.08 Å². The van der Waals surface area contributed by atoms with Gasteiger partial charge in [-0.15, -0.1) is 0 Å². The Hall–Kier alpha value is -1.95. The molecule has 0 aliphatic rings. The third-order valence-electron chi connectivity index (χ3n) is 4.56. The summed E-state index contributed by atoms with van der Waals surface area (Å²) in [5, 5.41) is 3.74. The number of hydrogen-bond acceptors (Lipinski definition) is 2. The van der Waals surface area contributed by atoms with Crippen LogP contribution in [-0.4, -0.2) is 37.3 Å². The number of allylic oxidation sites excluding steroid dienone is 1. The predicted octanol–water partition coefficient (Wildman–Crippen LogP) is 7.57. The molecule has 0 radical (unpaired) electrons. The maximum atomic E-state index is 13.7. The van der Waals surface area contributed by atoms with Crippen LogP contribution in [0.15, 0.2) is 40.9 Å². The molecule has 2 aromatic carbocycles. The van der Waals surface area contributed by atoms with E-state index in [4.69, 9.17) is 34.8 Å². The first-order chi connectivity index (χ1) is 16.6. The number of halogens is 10. The van der Waals surface area contributed by atoms with Crippen LogP contribution < -0.4 is 10.6 Å². The van der Waals surface area contributed by atoms with E-state index in [1.165, 1.54) is 24.3 Å². The topological polar surface area (TPSA) is 58.2 Å². The largest absolute Gasteiger partial charge is 0.405 e. The summed E-state index contributed by atoms with van der Waals surface area (Å²) in [5.74, 6) is -3.58. The van der Waals surface area contributed by atoms with E-state index in [1.54, 1.807) is 5.32 Å². The van der Waals surface area contributed by atoms with Crippen molar-refractivity contribution in [3.8, 4) is 0 Å². The van der Waals surface area contributed by atoms with E-state index in [0.717, 1.165) is 18.2 Å². The summed E-state index contributed by atoms with van der Waals surface area (Å²) in [7, 11) is 0. The maximum absolute atomic E-state index is 13.7. The lowest BCUT2D eigenvalue weighted by molar-refractivity contribution is -0.139. The monoisotopic (exact) mass is 638 g/mol. The molecule has 1 atom stereocenters. The van der Waals surface area contributed by atoms with Crippen molar-refractivity contribution in [2.75, 3.05) is 13.1 Å². The van der Waals surface area contributed by atoms with Gasteiger partial charge in [0.1, 0.15) is 6.54 Å². The molecule has 2 rings (SSSR count). The second-order valence-electron chi connectivity index (χ2n) is 7.31. The molecule has 36 heavy (non-hydrogen) atoms. The molecule has 0 aliphatic carbocycles. The fraction of sp³-hybridized carbons (Fsp3) is 0.273. The lowest BCUT2D eigenvalue weighted by Crippen LogP contribution is -2.36. The van der Waals surface area contributed by atoms with Gasteiger partial charge in [-0.2, -0.15) is 26.3 Å². The highest BCUT2D eigenvalue weighted by molar-refractivity contribution is 9.10. The van der Waals surface area contributed by atoms with E-state index in [0.29, 0.717) is 5.56 Å². The minimum atomic E-state index is -4.67. The van der Waals surface area contributed by atoms with E-state index in [-0.39, 0.29) is 43.6 Å². The summed E-state index contributed by atoms with van der Waals surface area (Å²) in [5.41, 5.74) is 0.212. The van der Waals surface area contributed by atoms with Crippen LogP contribution in [0.1, 0.15) is 33.8 Å². The van der Waals surface area contributed by atoms with E-state index in [1.807, 2.05) is 0 Å². The molecule has 0 aromatic heterocycles. The molecule has 2 amide bonds. The normalized spacial score (nSPS) is 13.1. The van der Waals surface area contributed by atoms with Gasteiger partial charge in [0.2, 0.25) is 5.91 Å². The lowest BCUT2D eigenvalue weighted by atomic mass is 9.97. The van der Waals surface area contributed by atoms with Crippen molar-refractivity contribution in [3.63, 3.8) is 0 Å². The Morgan fingerprint density at radius 3 is 2.11 bits per heavy atom. The Labute approximate surface area is 225 Å². The molecule has 0 spiro atoms. The van der Waals surface area contributed by atoms with Gasteiger partial charge in [0.05, 0.1) is 26.5 Å². The Balaban J connectivity index is 2.09. The summed E-state index contributed by atoms with van der Waals surface area (Å²) >= 11 is 20.7. The maximum Gasteiger partial charge on any atom is 0.405 e. The second-order valence-corrected chi connectivity index (χ2v) is 9.36. The Morgan fingerprint density at radius 2 is 1.58 bits per heavy atom. The Kier molecular flexibility index (Phi) is 10.5. The minimum absolute atomic E-state index is 0.0632. The van der Waals surface area contributed by atoms with Gasteiger partial charge >= 0.3 is 12.4 Å². The molecule has 0 aliphatic heterocycles. The van der Waals surface area contributed by atoms with Gasteiger partial charge in [-0.05, 0) is 51.3 Å². The molecule has 4 nitrogen and oxygen atoms in total. The first-order valence-electron chi connectivity index (χ1n) is 9.89. The molecular weight excluding hydrogens is 625 g/mol. The van der Waals surface area contributed by atoms with Gasteiger partial charge in [-0.25, -0.2) is 0 Å². The van der Waals surface area contributed by atoms with Crippen molar-refractivity contribution in [2.45, 2.75) is 24.7 Å². The molecule has 196 valence electrons. The fourth-order valence-electron chi connectivity index (χ4n) is 2.86. The van der Waals surface area contributed by atoms with Gasteiger partial charge in [0.15, 0.2) is 0 Å². The average molecular weight is 641 g/mol. The van der Waals surface area contributed by atoms with Crippen LogP contribution in [0.3, 0.4) is 0 Å². The molecule has 0 bridgehead atoms. The number of rotatable bonds is 8. The van der Waals surface area contributed by atoms with Gasteiger partial charge in [0, 0.05) is 17.4 Å². The van der Waals surface area contributed by atoms with Gasteiger partial charge in [0.25, 0.3) is 5.91 Å². The van der Waals surface area contributed by atoms with Gasteiger partial charge < -0.3 is 10.6 Å². The Morgan fingerprint density at radius 1 is 0.972 bits per heavy atom. The zero-order valence-corrected chi connectivity index (χ0v) is 21.7. The van der Waals surface area contributed by atoms with Crippen molar-refractivity contribution in [1.29, 1.82) is 0 Å². The van der Waals surface area contributed by atoms with E-state index in [9.17, 15) is 35.9 Å². The highest BCUT2D eigenvalue weighted by Gasteiger charge is 2.39. The van der Waals surface area contributed by atoms with Gasteiger partial charge in [-0.1, -0.05) is 53.0 Å². The molecule has 14 heteroatoms. The van der Waals surface area contributed by atoms with Crippen LogP contribution >= 0.6 is 50.7 Å². The summed E-state index contributed by atoms with van der Waals surface area (Å²) in [6.07, 6.45) is -7.49. The zero-order valence-electron chi connectivity index (χ0n) is 17.8. The molecular formula is C22H16BrCl3F6N2O2. The van der Waals surface area contributed by atoms with E-state index < -0.39 is 36.6 Å². The number of benzene rings is 2. The number of amides is 2. The van der Waals surface area contributed by atoms with Crippen LogP contribution in [0, 0.1) is 0 Å². The number of carbonyl (C=O) groups excluding carboxylic acids is 2.